The predicted molar refractivity (Wildman–Crippen MR) is 119 cm³/mol. The molecule has 4 rings (SSSR count). The zero-order chi connectivity index (χ0) is 22.7. The lowest BCUT2D eigenvalue weighted by molar-refractivity contribution is -0.112. The Balaban J connectivity index is 1.69. The number of nitrogens with zero attached hydrogens (tertiary/aromatic N) is 2. The molecule has 32 heavy (non-hydrogen) atoms. The Morgan fingerprint density at radius 3 is 2.34 bits per heavy atom. The van der Waals surface area contributed by atoms with E-state index in [1.807, 2.05) is 19.1 Å². The first kappa shape index (κ1) is 20.7. The number of nitriles is 1. The summed E-state index contributed by atoms with van der Waals surface area (Å²) in [7, 11) is 0. The van der Waals surface area contributed by atoms with Crippen molar-refractivity contribution in [2.45, 2.75) is 6.92 Å². The molecule has 2 amide bonds. The summed E-state index contributed by atoms with van der Waals surface area (Å²) in [6, 6.07) is 21.2. The number of benzene rings is 3. The maximum atomic E-state index is 13.2. The van der Waals surface area contributed by atoms with Crippen LogP contribution in [0.25, 0.3) is 5.70 Å². The van der Waals surface area contributed by atoms with Crippen molar-refractivity contribution in [3.63, 3.8) is 0 Å². The van der Waals surface area contributed by atoms with Crippen LogP contribution in [0.4, 0.5) is 10.1 Å². The zero-order valence-corrected chi connectivity index (χ0v) is 17.0. The molecule has 0 saturated heterocycles. The van der Waals surface area contributed by atoms with Crippen LogP contribution in [0.5, 0.6) is 0 Å². The molecule has 0 bridgehead atoms. The number of fused-ring (bicyclic) bond motifs is 1. The van der Waals surface area contributed by atoms with Gasteiger partial charge >= 0.3 is 0 Å². The molecule has 0 aliphatic carbocycles. The Kier molecular flexibility index (Phi) is 5.60. The van der Waals surface area contributed by atoms with Crippen molar-refractivity contribution < 1.29 is 14.0 Å². The highest BCUT2D eigenvalue weighted by Crippen LogP contribution is 2.31. The molecule has 6 nitrogen and oxygen atoms in total. The molecule has 3 aromatic carbocycles. The van der Waals surface area contributed by atoms with Gasteiger partial charge in [-0.2, -0.15) is 5.26 Å². The van der Waals surface area contributed by atoms with Crippen molar-refractivity contribution in [2.75, 3.05) is 5.32 Å². The van der Waals surface area contributed by atoms with E-state index in [-0.39, 0.29) is 22.7 Å². The van der Waals surface area contributed by atoms with Crippen LogP contribution in [0, 0.1) is 24.1 Å². The van der Waals surface area contributed by atoms with Crippen LogP contribution in [0.3, 0.4) is 0 Å². The Labute approximate surface area is 183 Å². The van der Waals surface area contributed by atoms with E-state index in [2.05, 4.69) is 15.6 Å². The number of anilines is 1. The number of carbonyl (C=O) groups is 2. The summed E-state index contributed by atoms with van der Waals surface area (Å²) in [5.74, 6) is -1.32. The predicted octanol–water partition coefficient (Wildman–Crippen LogP) is 4.20. The number of halogens is 1. The zero-order valence-electron chi connectivity index (χ0n) is 17.0. The number of hydrogen-bond acceptors (Lipinski definition) is 4. The molecule has 1 heterocycles. The van der Waals surface area contributed by atoms with Crippen molar-refractivity contribution in [1.82, 2.24) is 5.32 Å². The van der Waals surface area contributed by atoms with Crippen LogP contribution >= 0.6 is 0 Å². The first-order valence-electron chi connectivity index (χ1n) is 9.74. The summed E-state index contributed by atoms with van der Waals surface area (Å²) in [6.07, 6.45) is 0. The van der Waals surface area contributed by atoms with Crippen molar-refractivity contribution >= 4 is 29.0 Å². The summed E-state index contributed by atoms with van der Waals surface area (Å²) < 4.78 is 13.2. The summed E-state index contributed by atoms with van der Waals surface area (Å²) in [4.78, 5) is 29.8. The van der Waals surface area contributed by atoms with E-state index in [0.29, 0.717) is 16.8 Å². The molecule has 1 aliphatic rings. The van der Waals surface area contributed by atoms with Gasteiger partial charge in [0.15, 0.2) is 0 Å². The molecule has 0 fully saturated rings. The lowest BCUT2D eigenvalue weighted by atomic mass is 10.0. The fraction of sp³-hybridized carbons (Fsp3) is 0.0400. The van der Waals surface area contributed by atoms with Crippen LogP contribution < -0.4 is 10.6 Å². The topological polar surface area (TPSA) is 94.3 Å². The van der Waals surface area contributed by atoms with E-state index >= 15 is 0 Å². The van der Waals surface area contributed by atoms with Crippen molar-refractivity contribution in [1.29, 1.82) is 5.26 Å². The standard InChI is InChI=1S/C25H17FN4O2/c1-15-5-4-6-18(13-15)28-25(32)21(14-27)22-19-7-2-3-8-20(19)23(29-22)30-24(31)16-9-11-17(26)12-10-16/h2-13H,1H3,(H,28,32)(H,29,30,31)/b22-21-. The number of amides is 2. The minimum atomic E-state index is -0.599. The maximum Gasteiger partial charge on any atom is 0.268 e. The fourth-order valence-electron chi connectivity index (χ4n) is 3.32. The van der Waals surface area contributed by atoms with Crippen molar-refractivity contribution in [3.8, 4) is 6.07 Å². The van der Waals surface area contributed by atoms with Gasteiger partial charge in [0.2, 0.25) is 0 Å². The van der Waals surface area contributed by atoms with E-state index < -0.39 is 17.6 Å². The number of nitrogens with one attached hydrogen (secondary N) is 2. The van der Waals surface area contributed by atoms with Gasteiger partial charge in [-0.3, -0.25) is 9.59 Å². The van der Waals surface area contributed by atoms with E-state index in [1.54, 1.807) is 42.5 Å². The van der Waals surface area contributed by atoms with Gasteiger partial charge < -0.3 is 10.6 Å². The van der Waals surface area contributed by atoms with Gasteiger partial charge in [-0.1, -0.05) is 36.4 Å². The SMILES string of the molecule is Cc1cccc(NC(=O)/C(C#N)=C2\N=C(NC(=O)c3ccc(F)cc3)c3ccccc32)c1. The highest BCUT2D eigenvalue weighted by atomic mass is 19.1. The van der Waals surface area contributed by atoms with Crippen LogP contribution in [0.15, 0.2) is 83.4 Å². The minimum Gasteiger partial charge on any atom is -0.321 e. The highest BCUT2D eigenvalue weighted by Gasteiger charge is 2.27. The Morgan fingerprint density at radius 1 is 0.938 bits per heavy atom. The third kappa shape index (κ3) is 4.16. The molecule has 156 valence electrons. The lowest BCUT2D eigenvalue weighted by Gasteiger charge is -2.07. The van der Waals surface area contributed by atoms with Gasteiger partial charge in [0.1, 0.15) is 23.3 Å². The third-order valence-corrected chi connectivity index (χ3v) is 4.85. The second-order valence-corrected chi connectivity index (χ2v) is 7.13. The number of aliphatic imine (C=N–C) groups is 1. The average molecular weight is 424 g/mol. The van der Waals surface area contributed by atoms with Gasteiger partial charge in [0, 0.05) is 22.4 Å². The first-order chi connectivity index (χ1) is 15.5. The first-order valence-corrected chi connectivity index (χ1v) is 9.74. The fourth-order valence-corrected chi connectivity index (χ4v) is 3.32. The molecule has 0 unspecified atom stereocenters. The quantitative estimate of drug-likeness (QED) is 0.487. The summed E-state index contributed by atoms with van der Waals surface area (Å²) in [6.45, 7) is 1.90. The number of hydrogen-bond donors (Lipinski definition) is 2. The van der Waals surface area contributed by atoms with Gasteiger partial charge in [-0.15, -0.1) is 0 Å². The van der Waals surface area contributed by atoms with Crippen molar-refractivity contribution in [3.05, 3.63) is 106 Å². The number of aryl methyl sites for hydroxylation is 1. The van der Waals surface area contributed by atoms with Crippen molar-refractivity contribution in [2.24, 2.45) is 4.99 Å². The molecule has 0 radical (unpaired) electrons. The maximum absolute atomic E-state index is 13.2. The average Bonchev–Trinajstić information content (AvgIpc) is 3.13. The molecule has 2 N–H and O–H groups in total. The van der Waals surface area contributed by atoms with E-state index in [1.165, 1.54) is 24.3 Å². The van der Waals surface area contributed by atoms with Gasteiger partial charge in [0.25, 0.3) is 11.8 Å². The molecule has 0 atom stereocenters. The lowest BCUT2D eigenvalue weighted by Crippen LogP contribution is -2.30. The number of carbonyl (C=O) groups excluding carboxylic acids is 2. The molecule has 3 aromatic rings. The second-order valence-electron chi connectivity index (χ2n) is 7.13. The smallest absolute Gasteiger partial charge is 0.268 e. The highest BCUT2D eigenvalue weighted by molar-refractivity contribution is 6.21. The van der Waals surface area contributed by atoms with E-state index in [0.717, 1.165) is 5.56 Å². The summed E-state index contributed by atoms with van der Waals surface area (Å²) in [5.41, 5.74) is 2.90. The van der Waals surface area contributed by atoms with Crippen LogP contribution in [0.2, 0.25) is 0 Å². The number of amidine groups is 1. The van der Waals surface area contributed by atoms with Crippen LogP contribution in [-0.2, 0) is 4.79 Å². The molecule has 7 heteroatoms. The second kappa shape index (κ2) is 8.66. The Hall–Kier alpha value is -4.57. The summed E-state index contributed by atoms with van der Waals surface area (Å²) >= 11 is 0. The molecule has 0 aromatic heterocycles. The minimum absolute atomic E-state index is 0.169. The molecular weight excluding hydrogens is 407 g/mol. The molecule has 0 spiro atoms. The summed E-state index contributed by atoms with van der Waals surface area (Å²) in [5, 5.41) is 15.1. The largest absolute Gasteiger partial charge is 0.321 e. The monoisotopic (exact) mass is 424 g/mol. The normalized spacial score (nSPS) is 13.5. The van der Waals surface area contributed by atoms with Gasteiger partial charge in [-0.05, 0) is 48.9 Å². The molecule has 0 saturated carbocycles. The van der Waals surface area contributed by atoms with Crippen LogP contribution in [0.1, 0.15) is 27.0 Å². The van der Waals surface area contributed by atoms with Crippen LogP contribution in [-0.4, -0.2) is 17.6 Å². The molecule has 1 aliphatic heterocycles. The third-order valence-electron chi connectivity index (χ3n) is 4.85. The Morgan fingerprint density at radius 2 is 1.66 bits per heavy atom. The van der Waals surface area contributed by atoms with Gasteiger partial charge in [-0.25, -0.2) is 9.38 Å². The van der Waals surface area contributed by atoms with E-state index in [4.69, 9.17) is 0 Å². The van der Waals surface area contributed by atoms with E-state index in [9.17, 15) is 19.2 Å². The molecular formula is C25H17FN4O2. The Bertz CT molecular complexity index is 1330. The number of rotatable bonds is 3. The van der Waals surface area contributed by atoms with Gasteiger partial charge in [0.05, 0.1) is 5.70 Å².